The summed E-state index contributed by atoms with van der Waals surface area (Å²) in [6, 6.07) is 12.2. The van der Waals surface area contributed by atoms with E-state index in [0.29, 0.717) is 11.7 Å². The lowest BCUT2D eigenvalue weighted by atomic mass is 10.1. The SMILES string of the molecule is Cc1ccc(-c2nc(-c3ccc(Br)cc3C)no2)cc1C. The highest BCUT2D eigenvalue weighted by molar-refractivity contribution is 9.10. The second-order valence-corrected chi connectivity index (χ2v) is 6.10. The van der Waals surface area contributed by atoms with Crippen LogP contribution in [-0.2, 0) is 0 Å². The monoisotopic (exact) mass is 342 g/mol. The molecule has 0 spiro atoms. The highest BCUT2D eigenvalue weighted by Gasteiger charge is 2.13. The van der Waals surface area contributed by atoms with Gasteiger partial charge in [0.25, 0.3) is 5.89 Å². The number of aromatic nitrogens is 2. The molecule has 0 aliphatic heterocycles. The van der Waals surface area contributed by atoms with Crippen LogP contribution >= 0.6 is 15.9 Å². The molecule has 1 aromatic heterocycles. The summed E-state index contributed by atoms with van der Waals surface area (Å²) in [4.78, 5) is 4.52. The van der Waals surface area contributed by atoms with E-state index in [0.717, 1.165) is 21.2 Å². The van der Waals surface area contributed by atoms with E-state index in [4.69, 9.17) is 4.52 Å². The fourth-order valence-corrected chi connectivity index (χ4v) is 2.68. The summed E-state index contributed by atoms with van der Waals surface area (Å²) in [7, 11) is 0. The maximum atomic E-state index is 5.41. The van der Waals surface area contributed by atoms with Crippen LogP contribution in [0.3, 0.4) is 0 Å². The summed E-state index contributed by atoms with van der Waals surface area (Å²) in [5.74, 6) is 1.17. The zero-order valence-corrected chi connectivity index (χ0v) is 13.7. The lowest BCUT2D eigenvalue weighted by Crippen LogP contribution is -1.86. The average Bonchev–Trinajstić information content (AvgIpc) is 2.91. The van der Waals surface area contributed by atoms with E-state index in [1.54, 1.807) is 0 Å². The Morgan fingerprint density at radius 1 is 0.905 bits per heavy atom. The third kappa shape index (κ3) is 2.76. The summed E-state index contributed by atoms with van der Waals surface area (Å²) < 4.78 is 6.46. The van der Waals surface area contributed by atoms with E-state index in [1.807, 2.05) is 31.2 Å². The van der Waals surface area contributed by atoms with Gasteiger partial charge in [-0.2, -0.15) is 4.98 Å². The molecule has 0 saturated heterocycles. The Bertz CT molecular complexity index is 808. The van der Waals surface area contributed by atoms with Crippen molar-refractivity contribution in [3.05, 3.63) is 57.6 Å². The van der Waals surface area contributed by atoms with E-state index in [2.05, 4.69) is 52.1 Å². The molecule has 0 atom stereocenters. The average molecular weight is 343 g/mol. The molecule has 0 aliphatic rings. The number of aryl methyl sites for hydroxylation is 3. The van der Waals surface area contributed by atoms with Gasteiger partial charge in [-0.15, -0.1) is 0 Å². The number of nitrogens with zero attached hydrogens (tertiary/aromatic N) is 2. The highest BCUT2D eigenvalue weighted by Crippen LogP contribution is 2.27. The van der Waals surface area contributed by atoms with Crippen molar-refractivity contribution >= 4 is 15.9 Å². The van der Waals surface area contributed by atoms with E-state index >= 15 is 0 Å². The van der Waals surface area contributed by atoms with Crippen LogP contribution in [0.5, 0.6) is 0 Å². The molecule has 0 unspecified atom stereocenters. The number of halogens is 1. The van der Waals surface area contributed by atoms with Gasteiger partial charge in [0.15, 0.2) is 0 Å². The number of hydrogen-bond donors (Lipinski definition) is 0. The van der Waals surface area contributed by atoms with Crippen LogP contribution in [0.4, 0.5) is 0 Å². The Labute approximate surface area is 132 Å². The first-order valence-electron chi connectivity index (χ1n) is 6.72. The smallest absolute Gasteiger partial charge is 0.258 e. The predicted octanol–water partition coefficient (Wildman–Crippen LogP) is 5.09. The van der Waals surface area contributed by atoms with Crippen LogP contribution in [0.1, 0.15) is 16.7 Å². The third-order valence-corrected chi connectivity index (χ3v) is 4.10. The summed E-state index contributed by atoms with van der Waals surface area (Å²) >= 11 is 3.46. The van der Waals surface area contributed by atoms with Gasteiger partial charge in [0.2, 0.25) is 5.82 Å². The van der Waals surface area contributed by atoms with Crippen LogP contribution in [0.25, 0.3) is 22.8 Å². The summed E-state index contributed by atoms with van der Waals surface area (Å²) in [6.45, 7) is 6.20. The lowest BCUT2D eigenvalue weighted by molar-refractivity contribution is 0.432. The molecule has 0 N–H and O–H groups in total. The fourth-order valence-electron chi connectivity index (χ4n) is 2.20. The number of benzene rings is 2. The molecule has 2 aromatic carbocycles. The summed E-state index contributed by atoms with van der Waals surface area (Å²) in [5.41, 5.74) is 5.51. The van der Waals surface area contributed by atoms with Gasteiger partial charge in [-0.05, 0) is 67.8 Å². The summed E-state index contributed by atoms with van der Waals surface area (Å²) in [6.07, 6.45) is 0. The normalized spacial score (nSPS) is 10.9. The van der Waals surface area contributed by atoms with Gasteiger partial charge < -0.3 is 4.52 Å². The van der Waals surface area contributed by atoms with Crippen LogP contribution < -0.4 is 0 Å². The minimum atomic E-state index is 0.551. The van der Waals surface area contributed by atoms with E-state index < -0.39 is 0 Å². The minimum Gasteiger partial charge on any atom is -0.334 e. The predicted molar refractivity (Wildman–Crippen MR) is 87.1 cm³/mol. The van der Waals surface area contributed by atoms with Crippen molar-refractivity contribution in [1.29, 1.82) is 0 Å². The molecule has 0 fully saturated rings. The molecule has 0 amide bonds. The molecule has 0 aliphatic carbocycles. The van der Waals surface area contributed by atoms with Crippen molar-refractivity contribution in [3.8, 4) is 22.8 Å². The maximum Gasteiger partial charge on any atom is 0.258 e. The van der Waals surface area contributed by atoms with Crippen molar-refractivity contribution in [1.82, 2.24) is 10.1 Å². The first kappa shape index (κ1) is 14.0. The van der Waals surface area contributed by atoms with Gasteiger partial charge in [0.05, 0.1) is 0 Å². The van der Waals surface area contributed by atoms with Crippen molar-refractivity contribution in [3.63, 3.8) is 0 Å². The Morgan fingerprint density at radius 2 is 1.71 bits per heavy atom. The van der Waals surface area contributed by atoms with Crippen molar-refractivity contribution in [2.75, 3.05) is 0 Å². The van der Waals surface area contributed by atoms with Crippen LogP contribution in [0.2, 0.25) is 0 Å². The fraction of sp³-hybridized carbons (Fsp3) is 0.176. The zero-order chi connectivity index (χ0) is 15.0. The molecular formula is C17H15BrN2O. The Hall–Kier alpha value is -1.94. The van der Waals surface area contributed by atoms with E-state index in [9.17, 15) is 0 Å². The molecule has 4 heteroatoms. The highest BCUT2D eigenvalue weighted by atomic mass is 79.9. The van der Waals surface area contributed by atoms with Crippen LogP contribution in [0.15, 0.2) is 45.4 Å². The molecule has 3 rings (SSSR count). The van der Waals surface area contributed by atoms with E-state index in [-0.39, 0.29) is 0 Å². The molecule has 0 saturated carbocycles. The first-order chi connectivity index (χ1) is 10.0. The quantitative estimate of drug-likeness (QED) is 0.650. The minimum absolute atomic E-state index is 0.551. The Balaban J connectivity index is 2.01. The molecular weight excluding hydrogens is 328 g/mol. The van der Waals surface area contributed by atoms with E-state index in [1.165, 1.54) is 11.1 Å². The molecule has 0 radical (unpaired) electrons. The molecule has 106 valence electrons. The number of hydrogen-bond acceptors (Lipinski definition) is 3. The first-order valence-corrected chi connectivity index (χ1v) is 7.52. The second kappa shape index (κ2) is 5.45. The van der Waals surface area contributed by atoms with Gasteiger partial charge in [-0.1, -0.05) is 27.2 Å². The molecule has 3 nitrogen and oxygen atoms in total. The largest absolute Gasteiger partial charge is 0.334 e. The van der Waals surface area contributed by atoms with Crippen molar-refractivity contribution in [2.24, 2.45) is 0 Å². The Kier molecular flexibility index (Phi) is 3.64. The van der Waals surface area contributed by atoms with Gasteiger partial charge >= 0.3 is 0 Å². The molecule has 21 heavy (non-hydrogen) atoms. The van der Waals surface area contributed by atoms with Crippen molar-refractivity contribution in [2.45, 2.75) is 20.8 Å². The zero-order valence-electron chi connectivity index (χ0n) is 12.1. The maximum absolute atomic E-state index is 5.41. The third-order valence-electron chi connectivity index (χ3n) is 3.61. The lowest BCUT2D eigenvalue weighted by Gasteiger charge is -2.01. The standard InChI is InChI=1S/C17H15BrN2O/c1-10-4-5-13(8-11(10)2)17-19-16(20-21-17)15-7-6-14(18)9-12(15)3/h4-9H,1-3H3. The topological polar surface area (TPSA) is 38.9 Å². The second-order valence-electron chi connectivity index (χ2n) is 5.18. The Morgan fingerprint density at radius 3 is 2.43 bits per heavy atom. The molecule has 0 bridgehead atoms. The van der Waals surface area contributed by atoms with Crippen molar-refractivity contribution < 1.29 is 4.52 Å². The van der Waals surface area contributed by atoms with Gasteiger partial charge in [-0.25, -0.2) is 0 Å². The molecule has 1 heterocycles. The van der Waals surface area contributed by atoms with Gasteiger partial charge in [0, 0.05) is 15.6 Å². The summed E-state index contributed by atoms with van der Waals surface area (Å²) in [5, 5.41) is 4.10. The number of rotatable bonds is 2. The molecule has 3 aromatic rings. The van der Waals surface area contributed by atoms with Gasteiger partial charge in [-0.3, -0.25) is 0 Å². The van der Waals surface area contributed by atoms with Crippen LogP contribution in [0, 0.1) is 20.8 Å². The van der Waals surface area contributed by atoms with Crippen LogP contribution in [-0.4, -0.2) is 10.1 Å². The van der Waals surface area contributed by atoms with Gasteiger partial charge in [0.1, 0.15) is 0 Å².